The second-order valence-electron chi connectivity index (χ2n) is 3.65. The Morgan fingerprint density at radius 1 is 1.42 bits per heavy atom. The zero-order valence-electron chi connectivity index (χ0n) is 9.49. The first-order valence-electron chi connectivity index (χ1n) is 5.29. The van der Waals surface area contributed by atoms with E-state index < -0.39 is 0 Å². The molecule has 0 aromatic carbocycles. The third-order valence-corrected chi connectivity index (χ3v) is 4.48. The van der Waals surface area contributed by atoms with Crippen molar-refractivity contribution in [2.75, 3.05) is 0 Å². The average molecular weight is 311 g/mol. The summed E-state index contributed by atoms with van der Waals surface area (Å²) in [6.45, 7) is 0. The van der Waals surface area contributed by atoms with Gasteiger partial charge in [-0.3, -0.25) is 9.20 Å². The number of pyridine rings is 1. The van der Waals surface area contributed by atoms with E-state index in [4.69, 9.17) is 11.6 Å². The molecule has 0 saturated carbocycles. The molecular weight excluding hydrogens is 304 g/mol. The fourth-order valence-electron chi connectivity index (χ4n) is 1.56. The van der Waals surface area contributed by atoms with Crippen molar-refractivity contribution in [3.63, 3.8) is 0 Å². The second-order valence-corrected chi connectivity index (χ2v) is 6.15. The molecule has 19 heavy (non-hydrogen) atoms. The highest BCUT2D eigenvalue weighted by atomic mass is 35.5. The largest absolute Gasteiger partial charge is 0.269 e. The first-order chi connectivity index (χ1) is 9.22. The summed E-state index contributed by atoms with van der Waals surface area (Å²) >= 11 is 8.83. The molecule has 0 aliphatic heterocycles. The van der Waals surface area contributed by atoms with Gasteiger partial charge in [0.2, 0.25) is 0 Å². The van der Waals surface area contributed by atoms with Crippen LogP contribution in [0.1, 0.15) is 5.69 Å². The summed E-state index contributed by atoms with van der Waals surface area (Å²) < 4.78 is 2.29. The van der Waals surface area contributed by atoms with Crippen molar-refractivity contribution in [1.82, 2.24) is 19.6 Å². The summed E-state index contributed by atoms with van der Waals surface area (Å²) in [6.07, 6.45) is 1.56. The van der Waals surface area contributed by atoms with Crippen LogP contribution in [0.4, 0.5) is 0 Å². The summed E-state index contributed by atoms with van der Waals surface area (Å²) in [7, 11) is 0. The molecule has 3 aromatic heterocycles. The fourth-order valence-corrected chi connectivity index (χ4v) is 3.10. The van der Waals surface area contributed by atoms with Crippen LogP contribution < -0.4 is 5.56 Å². The maximum Gasteiger partial charge on any atom is 0.258 e. The molecule has 0 aliphatic rings. The van der Waals surface area contributed by atoms with E-state index in [1.807, 2.05) is 0 Å². The third kappa shape index (κ3) is 2.78. The van der Waals surface area contributed by atoms with E-state index in [0.29, 0.717) is 22.1 Å². The topological polar surface area (TPSA) is 60.2 Å². The lowest BCUT2D eigenvalue weighted by atomic mass is 10.4. The minimum Gasteiger partial charge on any atom is -0.269 e. The fraction of sp³-hybridized carbons (Fsp3) is 0.0909. The molecule has 5 nitrogen and oxygen atoms in total. The molecule has 0 radical (unpaired) electrons. The first kappa shape index (κ1) is 12.6. The molecule has 0 saturated heterocycles. The maximum absolute atomic E-state index is 11.9. The zero-order valence-corrected chi connectivity index (χ0v) is 11.9. The number of thioether (sulfide) groups is 1. The number of rotatable bonds is 3. The van der Waals surface area contributed by atoms with Gasteiger partial charge >= 0.3 is 0 Å². The van der Waals surface area contributed by atoms with E-state index in [0.717, 1.165) is 4.34 Å². The Morgan fingerprint density at radius 2 is 2.32 bits per heavy atom. The summed E-state index contributed by atoms with van der Waals surface area (Å²) in [5.74, 6) is 0.587. The van der Waals surface area contributed by atoms with Crippen molar-refractivity contribution in [2.24, 2.45) is 0 Å². The van der Waals surface area contributed by atoms with Crippen molar-refractivity contribution in [3.05, 3.63) is 51.0 Å². The zero-order chi connectivity index (χ0) is 13.2. The van der Waals surface area contributed by atoms with Gasteiger partial charge in [0.25, 0.3) is 5.56 Å². The highest BCUT2D eigenvalue weighted by Gasteiger charge is 2.05. The molecule has 3 aromatic rings. The summed E-state index contributed by atoms with van der Waals surface area (Å²) in [4.78, 5) is 16.4. The van der Waals surface area contributed by atoms with E-state index in [1.54, 1.807) is 23.8 Å². The number of halogens is 1. The van der Waals surface area contributed by atoms with Gasteiger partial charge in [-0.25, -0.2) is 4.98 Å². The molecule has 8 heteroatoms. The normalized spacial score (nSPS) is 11.0. The molecule has 3 rings (SSSR count). The van der Waals surface area contributed by atoms with Crippen LogP contribution in [0.15, 0.2) is 39.0 Å². The lowest BCUT2D eigenvalue weighted by Crippen LogP contribution is -2.14. The number of fused-ring (bicyclic) bond motifs is 1. The van der Waals surface area contributed by atoms with E-state index in [-0.39, 0.29) is 5.56 Å². The number of nitrogens with zero attached hydrogens (tertiary/aromatic N) is 4. The molecule has 0 unspecified atom stereocenters. The van der Waals surface area contributed by atoms with E-state index in [1.165, 1.54) is 33.6 Å². The van der Waals surface area contributed by atoms with Gasteiger partial charge in [0.1, 0.15) is 11.2 Å². The Hall–Kier alpha value is -1.44. The van der Waals surface area contributed by atoms with Crippen molar-refractivity contribution >= 4 is 40.3 Å². The van der Waals surface area contributed by atoms with Gasteiger partial charge < -0.3 is 0 Å². The molecule has 0 aliphatic carbocycles. The molecule has 0 bridgehead atoms. The second kappa shape index (κ2) is 5.28. The van der Waals surface area contributed by atoms with E-state index in [9.17, 15) is 4.79 Å². The van der Waals surface area contributed by atoms with Gasteiger partial charge in [-0.2, -0.15) is 0 Å². The number of hydrogen-bond donors (Lipinski definition) is 0. The van der Waals surface area contributed by atoms with Gasteiger partial charge in [0, 0.05) is 18.0 Å². The Labute approximate surface area is 121 Å². The van der Waals surface area contributed by atoms with Crippen LogP contribution in [-0.4, -0.2) is 19.6 Å². The molecular formula is C11H7ClN4OS2. The van der Waals surface area contributed by atoms with E-state index >= 15 is 0 Å². The molecule has 0 atom stereocenters. The van der Waals surface area contributed by atoms with Crippen LogP contribution in [0.25, 0.3) is 5.65 Å². The number of aromatic nitrogens is 4. The minimum absolute atomic E-state index is 0.139. The summed E-state index contributed by atoms with van der Waals surface area (Å²) in [5, 5.41) is 8.20. The van der Waals surface area contributed by atoms with Gasteiger partial charge in [-0.1, -0.05) is 34.7 Å². The molecule has 0 N–H and O–H groups in total. The molecule has 0 spiro atoms. The Kier molecular flexibility index (Phi) is 3.50. The summed E-state index contributed by atoms with van der Waals surface area (Å²) in [5.41, 5.74) is 2.84. The molecule has 0 amide bonds. The smallest absolute Gasteiger partial charge is 0.258 e. The van der Waals surface area contributed by atoms with Gasteiger partial charge in [-0.15, -0.1) is 10.2 Å². The Morgan fingerprint density at radius 3 is 3.11 bits per heavy atom. The van der Waals surface area contributed by atoms with Crippen LogP contribution in [0.2, 0.25) is 5.02 Å². The minimum atomic E-state index is -0.139. The quantitative estimate of drug-likeness (QED) is 0.696. The van der Waals surface area contributed by atoms with Crippen LogP contribution in [-0.2, 0) is 5.75 Å². The monoisotopic (exact) mass is 310 g/mol. The SMILES string of the molecule is O=c1cc(CSc2nncs2)nc2ccc(Cl)cn12. The highest BCUT2D eigenvalue weighted by Crippen LogP contribution is 2.22. The van der Waals surface area contributed by atoms with Crippen LogP contribution >= 0.6 is 34.7 Å². The molecule has 96 valence electrons. The summed E-state index contributed by atoms with van der Waals surface area (Å²) in [6, 6.07) is 4.95. The van der Waals surface area contributed by atoms with Crippen LogP contribution in [0, 0.1) is 0 Å². The lowest BCUT2D eigenvalue weighted by molar-refractivity contribution is 0.999. The predicted molar refractivity (Wildman–Crippen MR) is 75.9 cm³/mol. The van der Waals surface area contributed by atoms with Crippen LogP contribution in [0.3, 0.4) is 0 Å². The van der Waals surface area contributed by atoms with E-state index in [2.05, 4.69) is 15.2 Å². The van der Waals surface area contributed by atoms with Crippen molar-refractivity contribution in [3.8, 4) is 0 Å². The highest BCUT2D eigenvalue weighted by molar-refractivity contribution is 8.00. The lowest BCUT2D eigenvalue weighted by Gasteiger charge is -2.03. The van der Waals surface area contributed by atoms with Crippen molar-refractivity contribution in [1.29, 1.82) is 0 Å². The van der Waals surface area contributed by atoms with Gasteiger partial charge in [-0.05, 0) is 12.1 Å². The van der Waals surface area contributed by atoms with Crippen molar-refractivity contribution in [2.45, 2.75) is 10.1 Å². The van der Waals surface area contributed by atoms with Gasteiger partial charge in [0.05, 0.1) is 10.7 Å². The molecule has 0 fully saturated rings. The first-order valence-corrected chi connectivity index (χ1v) is 7.53. The number of hydrogen-bond acceptors (Lipinski definition) is 6. The van der Waals surface area contributed by atoms with Gasteiger partial charge in [0.15, 0.2) is 4.34 Å². The Bertz CT molecular complexity index is 772. The maximum atomic E-state index is 11.9. The van der Waals surface area contributed by atoms with Crippen LogP contribution in [0.5, 0.6) is 0 Å². The standard InChI is InChI=1S/C11H7ClN4OS2/c12-7-1-2-9-14-8(3-10(17)16(9)4-7)5-18-11-15-13-6-19-11/h1-4,6H,5H2. The van der Waals surface area contributed by atoms with Crippen molar-refractivity contribution < 1.29 is 0 Å². The predicted octanol–water partition coefficient (Wildman–Crippen LogP) is 2.49. The third-order valence-electron chi connectivity index (χ3n) is 2.36. The Balaban J connectivity index is 1.93. The molecule has 3 heterocycles. The average Bonchev–Trinajstić information content (AvgIpc) is 2.90.